The van der Waals surface area contributed by atoms with Crippen LogP contribution >= 0.6 is 0 Å². The van der Waals surface area contributed by atoms with Gasteiger partial charge < -0.3 is 10.9 Å². The van der Waals surface area contributed by atoms with Crippen LogP contribution in [0.4, 0.5) is 11.4 Å². The molecule has 0 bridgehead atoms. The predicted molar refractivity (Wildman–Crippen MR) is 57.7 cm³/mol. The number of nitrogens with zero attached hydrogens (tertiary/aromatic N) is 2. The molecule has 0 aliphatic heterocycles. The zero-order valence-electron chi connectivity index (χ0n) is 7.67. The molecule has 0 heterocycles. The molecule has 0 aromatic heterocycles. The van der Waals surface area contributed by atoms with Gasteiger partial charge in [0.25, 0.3) is 0 Å². The van der Waals surface area contributed by atoms with Gasteiger partial charge in [-0.2, -0.15) is 0 Å². The van der Waals surface area contributed by atoms with Crippen molar-refractivity contribution in [3.05, 3.63) is 66.1 Å². The van der Waals surface area contributed by atoms with Gasteiger partial charge in [-0.1, -0.05) is 48.5 Å². The quantitative estimate of drug-likeness (QED) is 0.649. The second kappa shape index (κ2) is 4.33. The summed E-state index contributed by atoms with van der Waals surface area (Å²) in [6, 6.07) is 19.4. The monoisotopic (exact) mass is 182 g/mol. The van der Waals surface area contributed by atoms with E-state index in [1.54, 1.807) is 0 Å². The SMILES string of the molecule is c1ccc([N][N-]c2ccccc2)cc1. The van der Waals surface area contributed by atoms with E-state index in [0.29, 0.717) is 0 Å². The van der Waals surface area contributed by atoms with Gasteiger partial charge in [0.15, 0.2) is 0 Å². The summed E-state index contributed by atoms with van der Waals surface area (Å²) < 4.78 is 0. The molecule has 69 valence electrons. The topological polar surface area (TPSA) is 28.2 Å². The molecule has 2 heteroatoms. The molecule has 2 aromatic carbocycles. The maximum atomic E-state index is 4.10. The van der Waals surface area contributed by atoms with Crippen LogP contribution in [0.1, 0.15) is 0 Å². The fourth-order valence-electron chi connectivity index (χ4n) is 1.10. The van der Waals surface area contributed by atoms with Gasteiger partial charge in [0.05, 0.1) is 0 Å². The molecular formula is C12H10N2-. The van der Waals surface area contributed by atoms with Gasteiger partial charge in [-0.25, -0.2) is 0 Å². The zero-order valence-corrected chi connectivity index (χ0v) is 7.67. The third-order valence-electron chi connectivity index (χ3n) is 1.79. The summed E-state index contributed by atoms with van der Waals surface area (Å²) in [4.78, 5) is 0. The van der Waals surface area contributed by atoms with E-state index in [1.807, 2.05) is 60.7 Å². The Morgan fingerprint density at radius 1 is 0.714 bits per heavy atom. The number of rotatable bonds is 3. The molecule has 0 aliphatic carbocycles. The van der Waals surface area contributed by atoms with Gasteiger partial charge >= 0.3 is 0 Å². The smallest absolute Gasteiger partial charge is 0.0411 e. The van der Waals surface area contributed by atoms with Crippen LogP contribution in [0.5, 0.6) is 0 Å². The minimum Gasteiger partial charge on any atom is -0.575 e. The minimum absolute atomic E-state index is 0.872. The summed E-state index contributed by atoms with van der Waals surface area (Å²) in [6.07, 6.45) is 0. The Hall–Kier alpha value is -1.96. The van der Waals surface area contributed by atoms with Crippen molar-refractivity contribution in [3.8, 4) is 0 Å². The van der Waals surface area contributed by atoms with Gasteiger partial charge in [0.1, 0.15) is 0 Å². The highest BCUT2D eigenvalue weighted by Gasteiger charge is 1.82. The molecule has 0 saturated carbocycles. The first-order valence-electron chi connectivity index (χ1n) is 4.47. The minimum atomic E-state index is 0.872. The molecule has 14 heavy (non-hydrogen) atoms. The van der Waals surface area contributed by atoms with Crippen LogP contribution in [0.2, 0.25) is 0 Å². The summed E-state index contributed by atoms with van der Waals surface area (Å²) in [7, 11) is 0. The number of hydrogen-bond donors (Lipinski definition) is 0. The molecule has 0 unspecified atom stereocenters. The lowest BCUT2D eigenvalue weighted by molar-refractivity contribution is 1.12. The van der Waals surface area contributed by atoms with Crippen LogP contribution in [0.15, 0.2) is 60.7 Å². The van der Waals surface area contributed by atoms with E-state index < -0.39 is 0 Å². The summed E-state index contributed by atoms with van der Waals surface area (Å²) in [5, 5.41) is 0. The Balaban J connectivity index is 1.96. The van der Waals surface area contributed by atoms with E-state index in [1.165, 1.54) is 0 Å². The molecule has 0 N–H and O–H groups in total. The standard InChI is InChI=1S/C12H10N2/c1-3-7-11(8-4-1)13-14-12-9-5-2-6-10-12/h1-10H/q-1. The van der Waals surface area contributed by atoms with Gasteiger partial charge in [0, 0.05) is 5.69 Å². The summed E-state index contributed by atoms with van der Waals surface area (Å²) in [6.45, 7) is 0. The first-order valence-corrected chi connectivity index (χ1v) is 4.47. The summed E-state index contributed by atoms with van der Waals surface area (Å²) in [5.41, 5.74) is 9.95. The molecule has 0 aliphatic rings. The first kappa shape index (κ1) is 8.63. The van der Waals surface area contributed by atoms with Crippen molar-refractivity contribution in [3.63, 3.8) is 0 Å². The Bertz CT molecular complexity index is 331. The Morgan fingerprint density at radius 3 is 1.93 bits per heavy atom. The van der Waals surface area contributed by atoms with Crippen LogP contribution in [-0.2, 0) is 0 Å². The average molecular weight is 182 g/mol. The second-order valence-corrected chi connectivity index (χ2v) is 2.87. The molecule has 2 aromatic rings. The number of hydrogen-bond acceptors (Lipinski definition) is 0. The van der Waals surface area contributed by atoms with Crippen molar-refractivity contribution in [2.24, 2.45) is 0 Å². The molecular weight excluding hydrogens is 172 g/mol. The molecule has 0 fully saturated rings. The molecule has 1 radical (unpaired) electrons. The van der Waals surface area contributed by atoms with Crippen LogP contribution < -0.4 is 5.43 Å². The molecule has 0 amide bonds. The van der Waals surface area contributed by atoms with Crippen molar-refractivity contribution in [1.82, 2.24) is 5.43 Å². The van der Waals surface area contributed by atoms with E-state index >= 15 is 0 Å². The Labute approximate surface area is 83.6 Å². The molecule has 2 rings (SSSR count). The fraction of sp³-hybridized carbons (Fsp3) is 0. The van der Waals surface area contributed by atoms with Crippen LogP contribution in [0, 0.1) is 0 Å². The van der Waals surface area contributed by atoms with E-state index in [0.717, 1.165) is 11.4 Å². The van der Waals surface area contributed by atoms with E-state index in [2.05, 4.69) is 10.9 Å². The van der Waals surface area contributed by atoms with Crippen molar-refractivity contribution in [1.29, 1.82) is 0 Å². The normalized spacial score (nSPS) is 9.43. The highest BCUT2D eigenvalue weighted by Crippen LogP contribution is 2.18. The largest absolute Gasteiger partial charge is 0.575 e. The van der Waals surface area contributed by atoms with Gasteiger partial charge in [-0.05, 0) is 12.1 Å². The highest BCUT2D eigenvalue weighted by atomic mass is 15.4. The zero-order chi connectivity index (χ0) is 9.64. The lowest BCUT2D eigenvalue weighted by Gasteiger charge is -2.21. The van der Waals surface area contributed by atoms with Crippen LogP contribution in [0.25, 0.3) is 5.43 Å². The summed E-state index contributed by atoms with van der Waals surface area (Å²) >= 11 is 0. The van der Waals surface area contributed by atoms with E-state index in [-0.39, 0.29) is 0 Å². The Kier molecular flexibility index (Phi) is 2.67. The van der Waals surface area contributed by atoms with E-state index in [4.69, 9.17) is 0 Å². The molecule has 0 atom stereocenters. The van der Waals surface area contributed by atoms with E-state index in [9.17, 15) is 0 Å². The van der Waals surface area contributed by atoms with Gasteiger partial charge in [-0.3, -0.25) is 0 Å². The van der Waals surface area contributed by atoms with Gasteiger partial charge in [-0.15, -0.1) is 5.69 Å². The average Bonchev–Trinajstić information content (AvgIpc) is 2.29. The lowest BCUT2D eigenvalue weighted by atomic mass is 10.3. The molecule has 0 spiro atoms. The van der Waals surface area contributed by atoms with Crippen molar-refractivity contribution in [2.45, 2.75) is 0 Å². The van der Waals surface area contributed by atoms with Crippen LogP contribution in [-0.4, -0.2) is 0 Å². The molecule has 0 saturated heterocycles. The maximum absolute atomic E-state index is 4.10. The Morgan fingerprint density at radius 2 is 1.29 bits per heavy atom. The predicted octanol–water partition coefficient (Wildman–Crippen LogP) is 3.54. The third kappa shape index (κ3) is 2.26. The first-order chi connectivity index (χ1) is 6.95. The van der Waals surface area contributed by atoms with Gasteiger partial charge in [0.2, 0.25) is 0 Å². The third-order valence-corrected chi connectivity index (χ3v) is 1.79. The molecule has 2 nitrogen and oxygen atoms in total. The van der Waals surface area contributed by atoms with Crippen molar-refractivity contribution < 1.29 is 0 Å². The fourth-order valence-corrected chi connectivity index (χ4v) is 1.10. The lowest BCUT2D eigenvalue weighted by Crippen LogP contribution is -1.86. The number of benzene rings is 2. The van der Waals surface area contributed by atoms with Crippen molar-refractivity contribution in [2.75, 3.05) is 0 Å². The second-order valence-electron chi connectivity index (χ2n) is 2.87. The van der Waals surface area contributed by atoms with Crippen molar-refractivity contribution >= 4 is 11.4 Å². The highest BCUT2D eigenvalue weighted by molar-refractivity contribution is 5.50. The van der Waals surface area contributed by atoms with Crippen LogP contribution in [0.3, 0.4) is 0 Å². The maximum Gasteiger partial charge on any atom is 0.0411 e. The summed E-state index contributed by atoms with van der Waals surface area (Å²) in [5.74, 6) is 0.